The van der Waals surface area contributed by atoms with Crippen molar-refractivity contribution < 1.29 is 26.0 Å². The highest BCUT2D eigenvalue weighted by atomic mass is 32.2. The van der Waals surface area contributed by atoms with Gasteiger partial charge < -0.3 is 4.42 Å². The van der Waals surface area contributed by atoms with Crippen LogP contribution in [0.3, 0.4) is 0 Å². The molecule has 0 aliphatic heterocycles. The second-order valence-electron chi connectivity index (χ2n) is 6.38. The number of aryl methyl sites for hydroxylation is 1. The van der Waals surface area contributed by atoms with E-state index in [-0.39, 0.29) is 13.1 Å². The van der Waals surface area contributed by atoms with Crippen molar-refractivity contribution in [1.29, 1.82) is 0 Å². The van der Waals surface area contributed by atoms with Crippen LogP contribution in [0.25, 0.3) is 0 Å². The summed E-state index contributed by atoms with van der Waals surface area (Å²) >= 11 is 0. The molecule has 0 saturated carbocycles. The van der Waals surface area contributed by atoms with E-state index in [2.05, 4.69) is 5.10 Å². The van der Waals surface area contributed by atoms with E-state index in [1.54, 1.807) is 23.9 Å². The Morgan fingerprint density at radius 3 is 2.73 bits per heavy atom. The number of nitrogens with zero attached hydrogens (tertiary/aromatic N) is 3. The Morgan fingerprint density at radius 1 is 1.31 bits per heavy atom. The van der Waals surface area contributed by atoms with Crippen LogP contribution in [0.1, 0.15) is 35.6 Å². The van der Waals surface area contributed by atoms with Gasteiger partial charge in [0.15, 0.2) is 0 Å². The molecule has 0 bridgehead atoms. The van der Waals surface area contributed by atoms with Crippen LogP contribution >= 0.6 is 0 Å². The third kappa shape index (κ3) is 4.29. The number of alkyl halides is 3. The molecule has 1 aliphatic carbocycles. The molecular formula is C16H20F3N3O3S. The summed E-state index contributed by atoms with van der Waals surface area (Å²) in [5.74, 6) is -0.625. The van der Waals surface area contributed by atoms with Crippen molar-refractivity contribution in [1.82, 2.24) is 14.1 Å². The quantitative estimate of drug-likeness (QED) is 0.728. The smallest absolute Gasteiger partial charge is 0.390 e. The van der Waals surface area contributed by atoms with E-state index >= 15 is 0 Å². The van der Waals surface area contributed by atoms with Crippen molar-refractivity contribution in [2.75, 3.05) is 5.75 Å². The van der Waals surface area contributed by atoms with Crippen LogP contribution in [0.4, 0.5) is 13.2 Å². The summed E-state index contributed by atoms with van der Waals surface area (Å²) in [6, 6.07) is 3.20. The Bertz CT molecular complexity index is 857. The first kappa shape index (κ1) is 19.0. The minimum Gasteiger partial charge on any atom is -0.468 e. The molecule has 0 N–H and O–H groups in total. The van der Waals surface area contributed by atoms with E-state index in [0.29, 0.717) is 11.5 Å². The van der Waals surface area contributed by atoms with Crippen molar-refractivity contribution in [2.24, 2.45) is 7.05 Å². The zero-order valence-corrected chi connectivity index (χ0v) is 15.1. The van der Waals surface area contributed by atoms with Crippen molar-refractivity contribution in [3.05, 3.63) is 41.1 Å². The van der Waals surface area contributed by atoms with Crippen LogP contribution in [0.2, 0.25) is 0 Å². The van der Waals surface area contributed by atoms with Gasteiger partial charge in [0.1, 0.15) is 5.76 Å². The molecule has 2 aromatic rings. The molecule has 1 aliphatic rings. The van der Waals surface area contributed by atoms with Gasteiger partial charge in [-0.05, 0) is 37.0 Å². The summed E-state index contributed by atoms with van der Waals surface area (Å²) in [7, 11) is -2.34. The lowest BCUT2D eigenvalue weighted by Crippen LogP contribution is -2.34. The first-order valence-corrected chi connectivity index (χ1v) is 9.87. The van der Waals surface area contributed by atoms with Crippen LogP contribution < -0.4 is 0 Å². The highest BCUT2D eigenvalue weighted by Gasteiger charge is 2.34. The number of rotatable bonds is 7. The highest BCUT2D eigenvalue weighted by molar-refractivity contribution is 7.89. The maximum absolute atomic E-state index is 12.6. The molecule has 6 nitrogen and oxygen atoms in total. The fourth-order valence-electron chi connectivity index (χ4n) is 3.19. The lowest BCUT2D eigenvalue weighted by atomic mass is 10.2. The second kappa shape index (κ2) is 7.07. The van der Waals surface area contributed by atoms with Gasteiger partial charge >= 0.3 is 6.18 Å². The average Bonchev–Trinajstić information content (AvgIpc) is 3.25. The molecule has 144 valence electrons. The van der Waals surface area contributed by atoms with Crippen molar-refractivity contribution in [2.45, 2.75) is 44.9 Å². The monoisotopic (exact) mass is 391 g/mol. The summed E-state index contributed by atoms with van der Waals surface area (Å²) < 4.78 is 70.6. The zero-order chi connectivity index (χ0) is 18.9. The molecule has 3 rings (SSSR count). The molecule has 2 heterocycles. The molecule has 26 heavy (non-hydrogen) atoms. The van der Waals surface area contributed by atoms with Gasteiger partial charge in [0.2, 0.25) is 10.0 Å². The molecule has 0 unspecified atom stereocenters. The number of furan rings is 1. The minimum absolute atomic E-state index is 0.0654. The highest BCUT2D eigenvalue weighted by Crippen LogP contribution is 2.28. The SMILES string of the molecule is Cn1nc(CN(Cc2ccco2)S(=O)(=O)CCC(F)(F)F)c2c1CCC2. The fourth-order valence-corrected chi connectivity index (χ4v) is 4.58. The molecule has 2 aromatic heterocycles. The van der Waals surface area contributed by atoms with E-state index in [0.717, 1.165) is 34.8 Å². The van der Waals surface area contributed by atoms with Crippen LogP contribution in [-0.4, -0.2) is 34.4 Å². The summed E-state index contributed by atoms with van der Waals surface area (Å²) in [5, 5.41) is 4.38. The maximum Gasteiger partial charge on any atom is 0.390 e. The van der Waals surface area contributed by atoms with E-state index in [1.807, 2.05) is 0 Å². The lowest BCUT2D eigenvalue weighted by Gasteiger charge is -2.21. The lowest BCUT2D eigenvalue weighted by molar-refractivity contribution is -0.130. The van der Waals surface area contributed by atoms with Gasteiger partial charge in [-0.1, -0.05) is 0 Å². The topological polar surface area (TPSA) is 68.3 Å². The van der Waals surface area contributed by atoms with E-state index in [1.165, 1.54) is 6.26 Å². The van der Waals surface area contributed by atoms with Crippen molar-refractivity contribution >= 4 is 10.0 Å². The third-order valence-electron chi connectivity index (χ3n) is 4.47. The molecule has 0 amide bonds. The third-order valence-corrected chi connectivity index (χ3v) is 6.24. The van der Waals surface area contributed by atoms with Gasteiger partial charge in [-0.15, -0.1) is 0 Å². The summed E-state index contributed by atoms with van der Waals surface area (Å²) in [6.45, 7) is -0.192. The molecule has 0 fully saturated rings. The largest absolute Gasteiger partial charge is 0.468 e. The number of sulfonamides is 1. The number of hydrogen-bond acceptors (Lipinski definition) is 4. The number of hydrogen-bond donors (Lipinski definition) is 0. The van der Waals surface area contributed by atoms with Gasteiger partial charge in [-0.25, -0.2) is 8.42 Å². The van der Waals surface area contributed by atoms with E-state index < -0.39 is 28.4 Å². The van der Waals surface area contributed by atoms with Crippen molar-refractivity contribution in [3.8, 4) is 0 Å². The fraction of sp³-hybridized carbons (Fsp3) is 0.562. The predicted molar refractivity (Wildman–Crippen MR) is 87.6 cm³/mol. The number of halogens is 3. The summed E-state index contributed by atoms with van der Waals surface area (Å²) in [5.41, 5.74) is 2.66. The summed E-state index contributed by atoms with van der Waals surface area (Å²) in [6.07, 6.45) is -1.88. The molecule has 0 aromatic carbocycles. The summed E-state index contributed by atoms with van der Waals surface area (Å²) in [4.78, 5) is 0. The predicted octanol–water partition coefficient (Wildman–Crippen LogP) is 2.79. The first-order chi connectivity index (χ1) is 12.2. The molecule has 0 saturated heterocycles. The maximum atomic E-state index is 12.6. The molecule has 10 heteroatoms. The van der Waals surface area contributed by atoms with E-state index in [4.69, 9.17) is 4.42 Å². The molecule has 0 radical (unpaired) electrons. The zero-order valence-electron chi connectivity index (χ0n) is 14.3. The minimum atomic E-state index is -4.53. The number of aromatic nitrogens is 2. The van der Waals surface area contributed by atoms with Gasteiger partial charge in [0.25, 0.3) is 0 Å². The Balaban J connectivity index is 1.85. The average molecular weight is 391 g/mol. The van der Waals surface area contributed by atoms with Crippen molar-refractivity contribution in [3.63, 3.8) is 0 Å². The van der Waals surface area contributed by atoms with Gasteiger partial charge in [0, 0.05) is 12.7 Å². The molecular weight excluding hydrogens is 371 g/mol. The van der Waals surface area contributed by atoms with Crippen LogP contribution in [0, 0.1) is 0 Å². The van der Waals surface area contributed by atoms with Gasteiger partial charge in [0.05, 0.1) is 37.2 Å². The van der Waals surface area contributed by atoms with E-state index in [9.17, 15) is 21.6 Å². The van der Waals surface area contributed by atoms with Crippen LogP contribution in [0.15, 0.2) is 22.8 Å². The Hall–Kier alpha value is -1.81. The Morgan fingerprint density at radius 2 is 2.08 bits per heavy atom. The Labute approximate surface area is 149 Å². The Kier molecular flexibility index (Phi) is 5.16. The molecule has 0 atom stereocenters. The van der Waals surface area contributed by atoms with Gasteiger partial charge in [-0.3, -0.25) is 4.68 Å². The number of fused-ring (bicyclic) bond motifs is 1. The van der Waals surface area contributed by atoms with Crippen LogP contribution in [0.5, 0.6) is 0 Å². The molecule has 0 spiro atoms. The second-order valence-corrected chi connectivity index (χ2v) is 8.47. The normalized spacial score (nSPS) is 15.0. The van der Waals surface area contributed by atoms with Crippen LogP contribution in [-0.2, 0) is 43.0 Å². The first-order valence-electron chi connectivity index (χ1n) is 8.26. The standard InChI is InChI=1S/C16H20F3N3O3S/c1-21-15-6-2-5-13(15)14(20-21)11-22(10-12-4-3-8-25-12)26(23,24)9-7-16(17,18)19/h3-4,8H,2,5-7,9-11H2,1H3. The van der Waals surface area contributed by atoms with Gasteiger partial charge in [-0.2, -0.15) is 22.6 Å².